The third kappa shape index (κ3) is 4.12. The summed E-state index contributed by atoms with van der Waals surface area (Å²) in [6.45, 7) is 3.31. The van der Waals surface area contributed by atoms with Gasteiger partial charge in [0.05, 0.1) is 29.2 Å². The molecule has 0 fully saturated rings. The maximum atomic E-state index is 13.7. The van der Waals surface area contributed by atoms with E-state index in [0.29, 0.717) is 54.3 Å². The van der Waals surface area contributed by atoms with Gasteiger partial charge in [0.2, 0.25) is 0 Å². The molecule has 4 aromatic rings. The van der Waals surface area contributed by atoms with Gasteiger partial charge in [-0.15, -0.1) is 0 Å². The van der Waals surface area contributed by atoms with Gasteiger partial charge in [-0.2, -0.15) is 0 Å². The number of nitrogens with one attached hydrogen (secondary N) is 1. The molecule has 2 heterocycles. The van der Waals surface area contributed by atoms with E-state index in [9.17, 15) is 9.59 Å². The van der Waals surface area contributed by atoms with Crippen LogP contribution in [0.1, 0.15) is 30.8 Å². The molecule has 1 aliphatic heterocycles. The summed E-state index contributed by atoms with van der Waals surface area (Å²) in [5.41, 5.74) is 2.18. The van der Waals surface area contributed by atoms with E-state index in [2.05, 4.69) is 5.32 Å². The molecule has 172 valence electrons. The zero-order valence-electron chi connectivity index (χ0n) is 19.0. The Morgan fingerprint density at radius 2 is 1.79 bits per heavy atom. The number of aromatic nitrogens is 2. The smallest absolute Gasteiger partial charge is 0.322 e. The maximum absolute atomic E-state index is 13.7. The second kappa shape index (κ2) is 9.39. The van der Waals surface area contributed by atoms with Gasteiger partial charge in [0.1, 0.15) is 11.6 Å². The second-order valence-electron chi connectivity index (χ2n) is 8.22. The van der Waals surface area contributed by atoms with Crippen molar-refractivity contribution in [3.05, 3.63) is 101 Å². The molecule has 3 aromatic carbocycles. The van der Waals surface area contributed by atoms with Gasteiger partial charge >= 0.3 is 6.03 Å². The number of fused-ring (bicyclic) bond motifs is 2. The summed E-state index contributed by atoms with van der Waals surface area (Å²) in [6, 6.07) is 24.0. The molecule has 1 aliphatic rings. The predicted octanol–water partition coefficient (Wildman–Crippen LogP) is 4.97. The highest BCUT2D eigenvalue weighted by molar-refractivity contribution is 5.91. The Morgan fingerprint density at radius 3 is 2.62 bits per heavy atom. The highest BCUT2D eigenvalue weighted by Crippen LogP contribution is 2.33. The zero-order chi connectivity index (χ0) is 23.5. The van der Waals surface area contributed by atoms with Crippen LogP contribution in [0.5, 0.6) is 5.75 Å². The predicted molar refractivity (Wildman–Crippen MR) is 132 cm³/mol. The van der Waals surface area contributed by atoms with Crippen molar-refractivity contribution in [1.82, 2.24) is 14.5 Å². The lowest BCUT2D eigenvalue weighted by atomic mass is 10.1. The van der Waals surface area contributed by atoms with Crippen molar-refractivity contribution in [2.24, 2.45) is 0 Å². The minimum absolute atomic E-state index is 0.0649. The van der Waals surface area contributed by atoms with Gasteiger partial charge in [-0.25, -0.2) is 9.78 Å². The third-order valence-electron chi connectivity index (χ3n) is 6.08. The lowest BCUT2D eigenvalue weighted by molar-refractivity contribution is 0.182. The molecule has 7 heteroatoms. The number of nitrogens with zero attached hydrogens (tertiary/aromatic N) is 3. The molecule has 1 aromatic heterocycles. The van der Waals surface area contributed by atoms with E-state index in [1.165, 1.54) is 0 Å². The minimum atomic E-state index is -0.336. The number of urea groups is 1. The summed E-state index contributed by atoms with van der Waals surface area (Å²) in [7, 11) is 0. The molecule has 0 saturated carbocycles. The number of carbonyl (C=O) groups is 1. The van der Waals surface area contributed by atoms with E-state index in [0.717, 1.165) is 5.56 Å². The SMILES string of the molecule is CCOc1ccccc1NC(=O)N(Cc1ccccc1)C1CCn2c1nc1ccccc1c2=O. The van der Waals surface area contributed by atoms with Gasteiger partial charge in [-0.1, -0.05) is 54.6 Å². The van der Waals surface area contributed by atoms with Crippen molar-refractivity contribution < 1.29 is 9.53 Å². The van der Waals surface area contributed by atoms with Crippen LogP contribution in [0.2, 0.25) is 0 Å². The molecular weight excluding hydrogens is 428 g/mol. The molecule has 7 nitrogen and oxygen atoms in total. The Kier molecular flexibility index (Phi) is 5.99. The lowest BCUT2D eigenvalue weighted by Gasteiger charge is -2.29. The van der Waals surface area contributed by atoms with Crippen molar-refractivity contribution in [1.29, 1.82) is 0 Å². The number of hydrogen-bond acceptors (Lipinski definition) is 4. The van der Waals surface area contributed by atoms with Gasteiger partial charge in [0.25, 0.3) is 5.56 Å². The summed E-state index contributed by atoms with van der Waals surface area (Å²) >= 11 is 0. The molecule has 0 spiro atoms. The number of benzene rings is 3. The Bertz CT molecular complexity index is 1380. The Balaban J connectivity index is 1.53. The Morgan fingerprint density at radius 1 is 1.06 bits per heavy atom. The largest absolute Gasteiger partial charge is 0.492 e. The van der Waals surface area contributed by atoms with E-state index in [-0.39, 0.29) is 17.6 Å². The first-order chi connectivity index (χ1) is 16.7. The summed E-state index contributed by atoms with van der Waals surface area (Å²) < 4.78 is 7.39. The Hall–Kier alpha value is -4.13. The number of anilines is 1. The van der Waals surface area contributed by atoms with Crippen LogP contribution in [-0.2, 0) is 13.1 Å². The third-order valence-corrected chi connectivity index (χ3v) is 6.08. The highest BCUT2D eigenvalue weighted by atomic mass is 16.5. The maximum Gasteiger partial charge on any atom is 0.322 e. The van der Waals surface area contributed by atoms with Crippen molar-refractivity contribution in [3.63, 3.8) is 0 Å². The molecule has 1 N–H and O–H groups in total. The van der Waals surface area contributed by atoms with Crippen molar-refractivity contribution in [2.45, 2.75) is 32.5 Å². The van der Waals surface area contributed by atoms with E-state index < -0.39 is 0 Å². The van der Waals surface area contributed by atoms with Crippen LogP contribution in [0, 0.1) is 0 Å². The van der Waals surface area contributed by atoms with Gasteiger partial charge in [-0.05, 0) is 43.2 Å². The fourth-order valence-corrected chi connectivity index (χ4v) is 4.47. The quantitative estimate of drug-likeness (QED) is 0.446. The van der Waals surface area contributed by atoms with Crippen molar-refractivity contribution in [2.75, 3.05) is 11.9 Å². The van der Waals surface area contributed by atoms with Crippen LogP contribution >= 0.6 is 0 Å². The number of rotatable bonds is 6. The van der Waals surface area contributed by atoms with Crippen LogP contribution in [-0.4, -0.2) is 27.1 Å². The van der Waals surface area contributed by atoms with Crippen molar-refractivity contribution >= 4 is 22.6 Å². The van der Waals surface area contributed by atoms with Gasteiger partial charge < -0.3 is 15.0 Å². The van der Waals surface area contributed by atoms with Crippen LogP contribution < -0.4 is 15.6 Å². The zero-order valence-corrected chi connectivity index (χ0v) is 19.0. The number of amides is 2. The number of ether oxygens (including phenoxy) is 1. The summed E-state index contributed by atoms with van der Waals surface area (Å²) in [4.78, 5) is 33.4. The molecule has 1 atom stereocenters. The highest BCUT2D eigenvalue weighted by Gasteiger charge is 2.34. The summed E-state index contributed by atoms with van der Waals surface area (Å²) in [6.07, 6.45) is 0.617. The van der Waals surface area contributed by atoms with Crippen LogP contribution in [0.3, 0.4) is 0 Å². The van der Waals surface area contributed by atoms with Crippen LogP contribution in [0.15, 0.2) is 83.7 Å². The first-order valence-corrected chi connectivity index (χ1v) is 11.5. The first kappa shape index (κ1) is 21.7. The monoisotopic (exact) mass is 454 g/mol. The molecule has 0 bridgehead atoms. The normalized spacial score (nSPS) is 14.6. The van der Waals surface area contributed by atoms with Crippen LogP contribution in [0.4, 0.5) is 10.5 Å². The molecule has 2 amide bonds. The molecular formula is C27H26N4O3. The molecule has 5 rings (SSSR count). The Labute approximate surface area is 197 Å². The van der Waals surface area contributed by atoms with E-state index in [1.807, 2.05) is 79.7 Å². The fourth-order valence-electron chi connectivity index (χ4n) is 4.47. The number of carbonyl (C=O) groups excluding carboxylic acids is 1. The average Bonchev–Trinajstić information content (AvgIpc) is 3.28. The molecule has 0 radical (unpaired) electrons. The molecule has 1 unspecified atom stereocenters. The summed E-state index contributed by atoms with van der Waals surface area (Å²) in [5, 5.41) is 3.62. The average molecular weight is 455 g/mol. The van der Waals surface area contributed by atoms with Gasteiger partial charge in [-0.3, -0.25) is 9.36 Å². The second-order valence-corrected chi connectivity index (χ2v) is 8.22. The standard InChI is InChI=1S/C27H26N4O3/c1-2-34-24-15-9-8-14-22(24)29-27(33)31(18-19-10-4-3-5-11-19)23-16-17-30-25(23)28-21-13-7-6-12-20(21)26(30)32/h3-15,23H,2,16-18H2,1H3,(H,29,33). The van der Waals surface area contributed by atoms with Crippen molar-refractivity contribution in [3.8, 4) is 5.75 Å². The molecule has 0 aliphatic carbocycles. The van der Waals surface area contributed by atoms with E-state index >= 15 is 0 Å². The minimum Gasteiger partial charge on any atom is -0.492 e. The summed E-state index contributed by atoms with van der Waals surface area (Å²) in [5.74, 6) is 1.23. The van der Waals surface area contributed by atoms with Gasteiger partial charge in [0, 0.05) is 13.1 Å². The first-order valence-electron chi connectivity index (χ1n) is 11.5. The topological polar surface area (TPSA) is 76.5 Å². The van der Waals surface area contributed by atoms with Crippen LogP contribution in [0.25, 0.3) is 10.9 Å². The van der Waals surface area contributed by atoms with Gasteiger partial charge in [0.15, 0.2) is 0 Å². The lowest BCUT2D eigenvalue weighted by Crippen LogP contribution is -2.38. The molecule has 0 saturated heterocycles. The van der Waals surface area contributed by atoms with E-state index in [4.69, 9.17) is 9.72 Å². The van der Waals surface area contributed by atoms with E-state index in [1.54, 1.807) is 15.5 Å². The number of para-hydroxylation sites is 3. The number of hydrogen-bond donors (Lipinski definition) is 1. The fraction of sp³-hybridized carbons (Fsp3) is 0.222. The molecule has 34 heavy (non-hydrogen) atoms.